The Bertz CT molecular complexity index is 558. The summed E-state index contributed by atoms with van der Waals surface area (Å²) in [4.78, 5) is 31.6. The first kappa shape index (κ1) is 14.0. The Morgan fingerprint density at radius 2 is 2.00 bits per heavy atom. The third-order valence-corrected chi connectivity index (χ3v) is 4.67. The second-order valence-corrected chi connectivity index (χ2v) is 5.83. The second kappa shape index (κ2) is 5.44. The minimum atomic E-state index is -1.03. The van der Waals surface area contributed by atoms with Crippen LogP contribution in [0.25, 0.3) is 0 Å². The quantitative estimate of drug-likeness (QED) is 0.882. The van der Waals surface area contributed by atoms with E-state index >= 15 is 0 Å². The van der Waals surface area contributed by atoms with Gasteiger partial charge >= 0.3 is 5.97 Å². The highest BCUT2D eigenvalue weighted by atomic mass is 16.4. The Morgan fingerprint density at radius 1 is 1.24 bits per heavy atom. The van der Waals surface area contributed by atoms with Crippen molar-refractivity contribution < 1.29 is 14.7 Å². The lowest BCUT2D eigenvalue weighted by Crippen LogP contribution is -2.40. The van der Waals surface area contributed by atoms with Gasteiger partial charge in [-0.15, -0.1) is 0 Å². The number of rotatable bonds is 2. The molecule has 0 spiro atoms. The number of amides is 1. The van der Waals surface area contributed by atoms with Gasteiger partial charge in [0.15, 0.2) is 0 Å². The van der Waals surface area contributed by atoms with Crippen molar-refractivity contribution in [3.8, 4) is 0 Å². The number of carboxylic acid groups (broad SMARTS) is 1. The molecule has 2 unspecified atom stereocenters. The Morgan fingerprint density at radius 3 is 2.67 bits per heavy atom. The van der Waals surface area contributed by atoms with Gasteiger partial charge in [-0.25, -0.2) is 4.79 Å². The van der Waals surface area contributed by atoms with Crippen LogP contribution < -0.4 is 0 Å². The molecule has 3 rings (SSSR count). The highest BCUT2D eigenvalue weighted by molar-refractivity contribution is 5.93. The zero-order valence-electron chi connectivity index (χ0n) is 12.0. The summed E-state index contributed by atoms with van der Waals surface area (Å²) in [5, 5.41) is 8.86. The molecule has 0 aromatic carbocycles. The third kappa shape index (κ3) is 2.63. The van der Waals surface area contributed by atoms with Gasteiger partial charge in [0, 0.05) is 31.4 Å². The van der Waals surface area contributed by atoms with Crippen molar-refractivity contribution in [2.24, 2.45) is 0 Å². The highest BCUT2D eigenvalue weighted by Gasteiger charge is 2.36. The molecule has 0 aliphatic carbocycles. The molecule has 0 saturated carbocycles. The van der Waals surface area contributed by atoms with E-state index in [1.165, 1.54) is 24.8 Å². The second-order valence-electron chi connectivity index (χ2n) is 5.83. The molecular weight excluding hydrogens is 270 g/mol. The van der Waals surface area contributed by atoms with Crippen LogP contribution in [-0.2, 0) is 0 Å². The van der Waals surface area contributed by atoms with Gasteiger partial charge in [-0.3, -0.25) is 14.7 Å². The number of aromatic carboxylic acids is 1. The molecule has 112 valence electrons. The fourth-order valence-electron chi connectivity index (χ4n) is 3.30. The number of pyridine rings is 1. The van der Waals surface area contributed by atoms with Crippen LogP contribution in [0.2, 0.25) is 0 Å². The maximum Gasteiger partial charge on any atom is 0.337 e. The van der Waals surface area contributed by atoms with E-state index in [1.54, 1.807) is 0 Å². The molecule has 2 aliphatic rings. The van der Waals surface area contributed by atoms with Crippen molar-refractivity contribution in [2.75, 3.05) is 20.1 Å². The summed E-state index contributed by atoms with van der Waals surface area (Å²) in [6, 6.07) is 3.94. The van der Waals surface area contributed by atoms with E-state index in [0.717, 1.165) is 25.9 Å². The molecule has 2 saturated heterocycles. The Labute approximate surface area is 123 Å². The average Bonchev–Trinajstić information content (AvgIpc) is 2.71. The molecule has 2 aliphatic heterocycles. The first-order valence-corrected chi connectivity index (χ1v) is 7.27. The van der Waals surface area contributed by atoms with Gasteiger partial charge in [-0.05, 0) is 38.4 Å². The Balaban J connectivity index is 1.74. The third-order valence-electron chi connectivity index (χ3n) is 4.67. The smallest absolute Gasteiger partial charge is 0.337 e. The van der Waals surface area contributed by atoms with Gasteiger partial charge < -0.3 is 10.0 Å². The van der Waals surface area contributed by atoms with Crippen molar-refractivity contribution >= 4 is 11.9 Å². The fraction of sp³-hybridized carbons (Fsp3) is 0.533. The summed E-state index contributed by atoms with van der Waals surface area (Å²) in [7, 11) is 2.14. The number of carbonyl (C=O) groups excluding carboxylic acids is 1. The van der Waals surface area contributed by atoms with Crippen LogP contribution in [0, 0.1) is 0 Å². The predicted molar refractivity (Wildman–Crippen MR) is 76.3 cm³/mol. The van der Waals surface area contributed by atoms with E-state index in [-0.39, 0.29) is 11.5 Å². The SMILES string of the molecule is CN1C2CCC1CN(C(=O)c1ccc(C(=O)O)cn1)CC2. The number of hydrogen-bond acceptors (Lipinski definition) is 4. The standard InChI is InChI=1S/C15H19N3O3/c1-17-11-3-4-12(17)9-18(7-6-11)14(19)13-5-2-10(8-16-13)15(20)21/h2,5,8,11-12H,3-4,6-7,9H2,1H3,(H,20,21). The summed E-state index contributed by atoms with van der Waals surface area (Å²) >= 11 is 0. The van der Waals surface area contributed by atoms with Gasteiger partial charge in [0.25, 0.3) is 5.91 Å². The van der Waals surface area contributed by atoms with Crippen molar-refractivity contribution in [1.82, 2.24) is 14.8 Å². The number of aromatic nitrogens is 1. The van der Waals surface area contributed by atoms with Gasteiger partial charge in [0.2, 0.25) is 0 Å². The Hall–Kier alpha value is -1.95. The summed E-state index contributed by atoms with van der Waals surface area (Å²) in [5.41, 5.74) is 0.418. The fourth-order valence-corrected chi connectivity index (χ4v) is 3.30. The molecular formula is C15H19N3O3. The first-order valence-electron chi connectivity index (χ1n) is 7.27. The summed E-state index contributed by atoms with van der Waals surface area (Å²) in [6.45, 7) is 1.47. The van der Waals surface area contributed by atoms with Crippen molar-refractivity contribution in [3.63, 3.8) is 0 Å². The normalized spacial score (nSPS) is 25.7. The molecule has 1 N–H and O–H groups in total. The first-order chi connectivity index (χ1) is 10.1. The molecule has 2 bridgehead atoms. The minimum absolute atomic E-state index is 0.0983. The lowest BCUT2D eigenvalue weighted by Gasteiger charge is -2.25. The number of likely N-dealkylation sites (tertiary alicyclic amines) is 1. The molecule has 0 radical (unpaired) electrons. The van der Waals surface area contributed by atoms with Crippen LogP contribution >= 0.6 is 0 Å². The zero-order valence-corrected chi connectivity index (χ0v) is 12.0. The average molecular weight is 289 g/mol. The Kier molecular flexibility index (Phi) is 3.63. The van der Waals surface area contributed by atoms with Crippen molar-refractivity contribution in [3.05, 3.63) is 29.6 Å². The van der Waals surface area contributed by atoms with Gasteiger partial charge in [-0.2, -0.15) is 0 Å². The summed E-state index contributed by atoms with van der Waals surface area (Å²) < 4.78 is 0. The van der Waals surface area contributed by atoms with E-state index in [0.29, 0.717) is 17.8 Å². The number of carbonyl (C=O) groups is 2. The van der Waals surface area contributed by atoms with Gasteiger partial charge in [-0.1, -0.05) is 0 Å². The van der Waals surface area contributed by atoms with Crippen LogP contribution in [0.4, 0.5) is 0 Å². The monoisotopic (exact) mass is 289 g/mol. The maximum absolute atomic E-state index is 12.5. The van der Waals surface area contributed by atoms with Crippen LogP contribution in [0.1, 0.15) is 40.1 Å². The number of likely N-dealkylation sites (N-methyl/N-ethyl adjacent to an activating group) is 1. The summed E-state index contributed by atoms with van der Waals surface area (Å²) in [5.74, 6) is -1.14. The van der Waals surface area contributed by atoms with Crippen molar-refractivity contribution in [2.45, 2.75) is 31.3 Å². The molecule has 1 aromatic heterocycles. The van der Waals surface area contributed by atoms with Crippen LogP contribution in [0.15, 0.2) is 18.3 Å². The highest BCUT2D eigenvalue weighted by Crippen LogP contribution is 2.28. The topological polar surface area (TPSA) is 73.7 Å². The minimum Gasteiger partial charge on any atom is -0.478 e. The molecule has 6 heteroatoms. The van der Waals surface area contributed by atoms with Gasteiger partial charge in [0.05, 0.1) is 5.56 Å². The molecule has 6 nitrogen and oxygen atoms in total. The largest absolute Gasteiger partial charge is 0.478 e. The van der Waals surface area contributed by atoms with E-state index in [4.69, 9.17) is 5.11 Å². The van der Waals surface area contributed by atoms with Crippen molar-refractivity contribution in [1.29, 1.82) is 0 Å². The zero-order chi connectivity index (χ0) is 15.0. The number of carboxylic acids is 1. The van der Waals surface area contributed by atoms with E-state index < -0.39 is 5.97 Å². The lowest BCUT2D eigenvalue weighted by atomic mass is 10.1. The number of fused-ring (bicyclic) bond motifs is 2. The van der Waals surface area contributed by atoms with E-state index in [1.807, 2.05) is 4.90 Å². The van der Waals surface area contributed by atoms with Crippen LogP contribution in [0.5, 0.6) is 0 Å². The predicted octanol–water partition coefficient (Wildman–Crippen LogP) is 1.09. The van der Waals surface area contributed by atoms with E-state index in [9.17, 15) is 9.59 Å². The molecule has 1 amide bonds. The molecule has 21 heavy (non-hydrogen) atoms. The number of hydrogen-bond donors (Lipinski definition) is 1. The molecule has 1 aromatic rings. The molecule has 2 atom stereocenters. The van der Waals surface area contributed by atoms with Crippen LogP contribution in [-0.4, -0.2) is 64.0 Å². The van der Waals surface area contributed by atoms with Gasteiger partial charge in [0.1, 0.15) is 5.69 Å². The maximum atomic E-state index is 12.5. The van der Waals surface area contributed by atoms with E-state index in [2.05, 4.69) is 16.9 Å². The molecule has 2 fully saturated rings. The lowest BCUT2D eigenvalue weighted by molar-refractivity contribution is 0.0691. The van der Waals surface area contributed by atoms with Crippen LogP contribution in [0.3, 0.4) is 0 Å². The number of nitrogens with zero attached hydrogens (tertiary/aromatic N) is 3. The summed E-state index contributed by atoms with van der Waals surface area (Å²) in [6.07, 6.45) is 4.59. The molecule has 3 heterocycles.